The minimum absolute atomic E-state index is 0.0105. The maximum atomic E-state index is 12.0. The Bertz CT molecular complexity index is 342. The fraction of sp³-hybridized carbons (Fsp3) is 0.846. The molecule has 17 heavy (non-hydrogen) atoms. The van der Waals surface area contributed by atoms with E-state index in [9.17, 15) is 9.59 Å². The molecular weight excluding hydrogens is 216 g/mol. The molecule has 2 rings (SSSR count). The van der Waals surface area contributed by atoms with Crippen LogP contribution in [0.1, 0.15) is 39.5 Å². The third kappa shape index (κ3) is 2.10. The molecule has 2 fully saturated rings. The second-order valence-corrected chi connectivity index (χ2v) is 5.70. The molecule has 3 unspecified atom stereocenters. The standard InChI is InChI=1S/C13H22N2O2/c1-4-10-12(17)14-11(16)8-13(10)5-6-15(3)9(2)7-13/h9-10H,4-8H2,1-3H3,(H,14,16,17). The number of likely N-dealkylation sites (tertiary alicyclic amines) is 1. The predicted octanol–water partition coefficient (Wildman–Crippen LogP) is 1.16. The van der Waals surface area contributed by atoms with Crippen molar-refractivity contribution in [3.63, 3.8) is 0 Å². The van der Waals surface area contributed by atoms with E-state index in [0.29, 0.717) is 12.5 Å². The minimum atomic E-state index is -0.0866. The SMILES string of the molecule is CCC1C(=O)NC(=O)CC12CCN(C)C(C)C2. The fourth-order valence-electron chi connectivity index (χ4n) is 3.55. The smallest absolute Gasteiger partial charge is 0.230 e. The highest BCUT2D eigenvalue weighted by Crippen LogP contribution is 2.47. The van der Waals surface area contributed by atoms with Crippen LogP contribution in [-0.4, -0.2) is 36.3 Å². The summed E-state index contributed by atoms with van der Waals surface area (Å²) in [5, 5.41) is 2.49. The van der Waals surface area contributed by atoms with Crippen molar-refractivity contribution < 1.29 is 9.59 Å². The molecule has 0 aromatic rings. The summed E-state index contributed by atoms with van der Waals surface area (Å²) in [4.78, 5) is 25.9. The zero-order chi connectivity index (χ0) is 12.6. The van der Waals surface area contributed by atoms with Gasteiger partial charge in [-0.1, -0.05) is 6.92 Å². The summed E-state index contributed by atoms with van der Waals surface area (Å²) in [7, 11) is 2.11. The fourth-order valence-corrected chi connectivity index (χ4v) is 3.55. The molecule has 4 heteroatoms. The van der Waals surface area contributed by atoms with Crippen LogP contribution in [0.3, 0.4) is 0 Å². The highest BCUT2D eigenvalue weighted by atomic mass is 16.2. The van der Waals surface area contributed by atoms with E-state index in [-0.39, 0.29) is 23.1 Å². The van der Waals surface area contributed by atoms with Crippen LogP contribution in [0, 0.1) is 11.3 Å². The van der Waals surface area contributed by atoms with E-state index in [0.717, 1.165) is 25.8 Å². The van der Waals surface area contributed by atoms with E-state index >= 15 is 0 Å². The first-order valence-corrected chi connectivity index (χ1v) is 6.52. The molecule has 1 N–H and O–H groups in total. The first-order chi connectivity index (χ1) is 7.98. The van der Waals surface area contributed by atoms with E-state index in [1.54, 1.807) is 0 Å². The normalized spacial score (nSPS) is 39.5. The lowest BCUT2D eigenvalue weighted by Gasteiger charge is -2.49. The third-order valence-electron chi connectivity index (χ3n) is 4.66. The Kier molecular flexibility index (Phi) is 3.25. The van der Waals surface area contributed by atoms with Crippen LogP contribution in [0.5, 0.6) is 0 Å². The number of amides is 2. The van der Waals surface area contributed by atoms with Crippen LogP contribution in [0.15, 0.2) is 0 Å². The number of imide groups is 1. The predicted molar refractivity (Wildman–Crippen MR) is 65.3 cm³/mol. The van der Waals surface area contributed by atoms with Gasteiger partial charge in [-0.15, -0.1) is 0 Å². The first-order valence-electron chi connectivity index (χ1n) is 6.52. The summed E-state index contributed by atoms with van der Waals surface area (Å²) in [6, 6.07) is 0.455. The van der Waals surface area contributed by atoms with Crippen LogP contribution >= 0.6 is 0 Å². The lowest BCUT2D eigenvalue weighted by molar-refractivity contribution is -0.147. The Morgan fingerprint density at radius 1 is 1.47 bits per heavy atom. The highest BCUT2D eigenvalue weighted by Gasteiger charge is 2.49. The summed E-state index contributed by atoms with van der Waals surface area (Å²) in [6.07, 6.45) is 3.28. The Morgan fingerprint density at radius 2 is 2.18 bits per heavy atom. The lowest BCUT2D eigenvalue weighted by Crippen LogP contribution is -2.57. The van der Waals surface area contributed by atoms with Crippen molar-refractivity contribution in [1.82, 2.24) is 10.2 Å². The van der Waals surface area contributed by atoms with Gasteiger partial charge in [-0.05, 0) is 45.2 Å². The molecule has 0 radical (unpaired) electrons. The van der Waals surface area contributed by atoms with Crippen molar-refractivity contribution in [3.8, 4) is 0 Å². The monoisotopic (exact) mass is 238 g/mol. The molecule has 0 aromatic carbocycles. The summed E-state index contributed by atoms with van der Waals surface area (Å²) in [5.74, 6) is -0.131. The summed E-state index contributed by atoms with van der Waals surface area (Å²) < 4.78 is 0. The largest absolute Gasteiger partial charge is 0.304 e. The Balaban J connectivity index is 2.26. The topological polar surface area (TPSA) is 49.4 Å². The van der Waals surface area contributed by atoms with Crippen molar-refractivity contribution in [2.24, 2.45) is 11.3 Å². The minimum Gasteiger partial charge on any atom is -0.304 e. The van der Waals surface area contributed by atoms with Gasteiger partial charge in [0.15, 0.2) is 0 Å². The van der Waals surface area contributed by atoms with Gasteiger partial charge in [0.2, 0.25) is 11.8 Å². The van der Waals surface area contributed by atoms with Crippen molar-refractivity contribution in [3.05, 3.63) is 0 Å². The van der Waals surface area contributed by atoms with E-state index < -0.39 is 0 Å². The summed E-state index contributed by atoms with van der Waals surface area (Å²) >= 11 is 0. The number of hydrogen-bond donors (Lipinski definition) is 1. The number of piperidine rings is 2. The summed E-state index contributed by atoms with van der Waals surface area (Å²) in [5.41, 5.74) is -0.0832. The molecule has 0 aromatic heterocycles. The van der Waals surface area contributed by atoms with Gasteiger partial charge < -0.3 is 4.90 Å². The molecule has 2 aliphatic rings. The number of carbonyl (C=O) groups is 2. The quantitative estimate of drug-likeness (QED) is 0.697. The second-order valence-electron chi connectivity index (χ2n) is 5.70. The van der Waals surface area contributed by atoms with Gasteiger partial charge in [0, 0.05) is 18.4 Å². The molecule has 1 spiro atoms. The van der Waals surface area contributed by atoms with Crippen LogP contribution in [0.2, 0.25) is 0 Å². The van der Waals surface area contributed by atoms with E-state index in [1.165, 1.54) is 0 Å². The molecule has 2 saturated heterocycles. The van der Waals surface area contributed by atoms with Gasteiger partial charge >= 0.3 is 0 Å². The van der Waals surface area contributed by atoms with E-state index in [4.69, 9.17) is 0 Å². The molecular formula is C13H22N2O2. The van der Waals surface area contributed by atoms with E-state index in [2.05, 4.69) is 24.2 Å². The number of nitrogens with one attached hydrogen (secondary N) is 1. The van der Waals surface area contributed by atoms with Gasteiger partial charge in [-0.25, -0.2) is 0 Å². The van der Waals surface area contributed by atoms with Gasteiger partial charge in [-0.2, -0.15) is 0 Å². The number of hydrogen-bond acceptors (Lipinski definition) is 3. The van der Waals surface area contributed by atoms with Gasteiger partial charge in [0.05, 0.1) is 0 Å². The van der Waals surface area contributed by atoms with E-state index in [1.807, 2.05) is 6.92 Å². The van der Waals surface area contributed by atoms with Crippen LogP contribution in [-0.2, 0) is 9.59 Å². The summed E-state index contributed by atoms with van der Waals surface area (Å²) in [6.45, 7) is 5.22. The molecule has 3 atom stereocenters. The van der Waals surface area contributed by atoms with Gasteiger partial charge in [-0.3, -0.25) is 14.9 Å². The zero-order valence-electron chi connectivity index (χ0n) is 11.0. The Morgan fingerprint density at radius 3 is 2.76 bits per heavy atom. The van der Waals surface area contributed by atoms with Crippen molar-refractivity contribution in [2.75, 3.05) is 13.6 Å². The maximum Gasteiger partial charge on any atom is 0.230 e. The highest BCUT2D eigenvalue weighted by molar-refractivity contribution is 5.99. The Labute approximate surface area is 103 Å². The number of nitrogens with zero attached hydrogens (tertiary/aromatic N) is 1. The number of rotatable bonds is 1. The molecule has 2 aliphatic heterocycles. The maximum absolute atomic E-state index is 12.0. The van der Waals surface area contributed by atoms with Crippen molar-refractivity contribution in [1.29, 1.82) is 0 Å². The molecule has 4 nitrogen and oxygen atoms in total. The van der Waals surface area contributed by atoms with Crippen molar-refractivity contribution in [2.45, 2.75) is 45.6 Å². The number of carbonyl (C=O) groups excluding carboxylic acids is 2. The van der Waals surface area contributed by atoms with Gasteiger partial charge in [0.25, 0.3) is 0 Å². The second kappa shape index (κ2) is 4.41. The molecule has 0 bridgehead atoms. The third-order valence-corrected chi connectivity index (χ3v) is 4.66. The molecule has 96 valence electrons. The molecule has 2 amide bonds. The van der Waals surface area contributed by atoms with Gasteiger partial charge in [0.1, 0.15) is 0 Å². The van der Waals surface area contributed by atoms with Crippen LogP contribution in [0.25, 0.3) is 0 Å². The average Bonchev–Trinajstić information content (AvgIpc) is 2.23. The molecule has 0 saturated carbocycles. The Hall–Kier alpha value is -0.900. The zero-order valence-corrected chi connectivity index (χ0v) is 11.0. The molecule has 0 aliphatic carbocycles. The van der Waals surface area contributed by atoms with Crippen LogP contribution in [0.4, 0.5) is 0 Å². The first kappa shape index (κ1) is 12.6. The average molecular weight is 238 g/mol. The lowest BCUT2D eigenvalue weighted by atomic mass is 9.62. The van der Waals surface area contributed by atoms with Crippen LogP contribution < -0.4 is 5.32 Å². The van der Waals surface area contributed by atoms with Crippen molar-refractivity contribution >= 4 is 11.8 Å². The molecule has 2 heterocycles.